The van der Waals surface area contributed by atoms with Crippen molar-refractivity contribution < 1.29 is 71.0 Å². The average Bonchev–Trinajstić information content (AvgIpc) is 3.47. The van der Waals surface area contributed by atoms with Gasteiger partial charge in [-0.25, -0.2) is 22.5 Å². The Kier molecular flexibility index (Phi) is 8.75. The van der Waals surface area contributed by atoms with Crippen molar-refractivity contribution in [1.29, 1.82) is 0 Å². The number of carbonyl (C=O) groups excluding carboxylic acids is 1. The molecular weight excluding hydrogens is 692 g/mol. The minimum Gasteiger partial charge on any atom is -0.410 e. The molecule has 1 aromatic carbocycles. The topological polar surface area (TPSA) is 74.0 Å². The van der Waals surface area contributed by atoms with Crippen molar-refractivity contribution >= 4 is 17.5 Å². The molecule has 3 aromatic rings. The van der Waals surface area contributed by atoms with Crippen molar-refractivity contribution in [3.8, 4) is 22.8 Å². The highest BCUT2D eigenvalue weighted by Gasteiger charge is 2.81. The average molecular weight is 708 g/mol. The van der Waals surface area contributed by atoms with Crippen molar-refractivity contribution in [2.75, 3.05) is 0 Å². The summed E-state index contributed by atoms with van der Waals surface area (Å²) in [7, 11) is 0.602. The normalized spacial score (nSPS) is 17.4. The van der Waals surface area contributed by atoms with Crippen LogP contribution in [0.2, 0.25) is 5.02 Å². The van der Waals surface area contributed by atoms with Crippen LogP contribution in [-0.4, -0.2) is 68.0 Å². The Morgan fingerprint density at radius 2 is 1.59 bits per heavy atom. The molecule has 1 fully saturated rings. The lowest BCUT2D eigenvalue weighted by Gasteiger charge is -2.37. The molecule has 7 nitrogen and oxygen atoms in total. The summed E-state index contributed by atoms with van der Waals surface area (Å²) < 4.78 is 195. The Morgan fingerprint density at radius 3 is 2.11 bits per heavy atom. The summed E-state index contributed by atoms with van der Waals surface area (Å²) in [6, 6.07) is 3.72. The molecule has 0 spiro atoms. The van der Waals surface area contributed by atoms with Gasteiger partial charge in [0.25, 0.3) is 11.8 Å². The SMILES string of the molecule is Cn1nc(OC(F)(F)C(F)(C(F)C(F)C(F)(F)F)C(F)(F)F)c(C(F)(F)F)c1-n1cc(-c2ccc(Cl)c(C(=O)NC3CC3)c2)cn1. The number of carbonyl (C=O) groups is 1. The number of halogens is 15. The van der Waals surface area contributed by atoms with Gasteiger partial charge in [-0.15, -0.1) is 5.10 Å². The summed E-state index contributed by atoms with van der Waals surface area (Å²) in [6.45, 7) is 0. The van der Waals surface area contributed by atoms with Crippen LogP contribution in [0.5, 0.6) is 5.88 Å². The maximum absolute atomic E-state index is 14.7. The zero-order valence-electron chi connectivity index (χ0n) is 22.3. The van der Waals surface area contributed by atoms with Gasteiger partial charge in [0, 0.05) is 24.8 Å². The van der Waals surface area contributed by atoms with Crippen LogP contribution in [-0.2, 0) is 13.2 Å². The van der Waals surface area contributed by atoms with Gasteiger partial charge < -0.3 is 10.1 Å². The van der Waals surface area contributed by atoms with Gasteiger partial charge in [0.2, 0.25) is 6.17 Å². The summed E-state index contributed by atoms with van der Waals surface area (Å²) in [6.07, 6.45) is -35.0. The zero-order chi connectivity index (χ0) is 34.8. The van der Waals surface area contributed by atoms with E-state index in [4.69, 9.17) is 11.6 Å². The number of hydrogen-bond acceptors (Lipinski definition) is 4. The lowest BCUT2D eigenvalue weighted by Crippen LogP contribution is -2.67. The number of hydrogen-bond donors (Lipinski definition) is 1. The van der Waals surface area contributed by atoms with E-state index in [1.165, 1.54) is 18.2 Å². The van der Waals surface area contributed by atoms with E-state index in [-0.39, 0.29) is 32.4 Å². The van der Waals surface area contributed by atoms with Gasteiger partial charge in [-0.3, -0.25) is 4.79 Å². The Balaban J connectivity index is 1.77. The first-order valence-corrected chi connectivity index (χ1v) is 12.7. The third-order valence-electron chi connectivity index (χ3n) is 6.54. The van der Waals surface area contributed by atoms with Crippen molar-refractivity contribution in [3.63, 3.8) is 0 Å². The standard InChI is InChI=1S/C24H16ClF14N5O2/c1-43-19(44-8-10(7-40-44)9-2-5-13(25)12(6-9)17(45)41-11-3-4-11)14(21(29,30)31)18(42-43)46-24(38,39)20(28,23(35,36)37)15(26)16(27)22(32,33)34/h2,5-8,11,15-16H,3-4H2,1H3,(H,41,45). The molecule has 3 unspecified atom stereocenters. The lowest BCUT2D eigenvalue weighted by molar-refractivity contribution is -0.384. The minimum atomic E-state index is -7.37. The van der Waals surface area contributed by atoms with E-state index < -0.39 is 65.8 Å². The van der Waals surface area contributed by atoms with Gasteiger partial charge in [-0.1, -0.05) is 17.7 Å². The Labute approximate surface area is 252 Å². The summed E-state index contributed by atoms with van der Waals surface area (Å²) in [5.74, 6) is -4.50. The molecule has 2 heterocycles. The smallest absolute Gasteiger partial charge is 0.410 e. The number of rotatable bonds is 9. The van der Waals surface area contributed by atoms with Crippen LogP contribution < -0.4 is 10.1 Å². The van der Waals surface area contributed by atoms with E-state index in [1.807, 2.05) is 0 Å². The summed E-state index contributed by atoms with van der Waals surface area (Å²) in [5.41, 5.74) is -9.59. The molecule has 22 heteroatoms. The predicted octanol–water partition coefficient (Wildman–Crippen LogP) is 7.32. The van der Waals surface area contributed by atoms with Crippen molar-refractivity contribution in [1.82, 2.24) is 24.9 Å². The molecule has 1 saturated carbocycles. The van der Waals surface area contributed by atoms with E-state index in [9.17, 15) is 66.3 Å². The number of nitrogens with zero attached hydrogens (tertiary/aromatic N) is 4. The van der Waals surface area contributed by atoms with Crippen LogP contribution in [0.1, 0.15) is 28.8 Å². The van der Waals surface area contributed by atoms with Gasteiger partial charge in [0.15, 0.2) is 17.6 Å². The fourth-order valence-corrected chi connectivity index (χ4v) is 4.28. The number of amides is 1. The first-order valence-electron chi connectivity index (χ1n) is 12.4. The maximum Gasteiger partial charge on any atom is 0.446 e. The molecule has 2 aromatic heterocycles. The predicted molar refractivity (Wildman–Crippen MR) is 128 cm³/mol. The summed E-state index contributed by atoms with van der Waals surface area (Å²) in [4.78, 5) is 12.5. The molecule has 0 aliphatic heterocycles. The largest absolute Gasteiger partial charge is 0.446 e. The van der Waals surface area contributed by atoms with E-state index in [0.717, 1.165) is 25.2 Å². The van der Waals surface area contributed by atoms with E-state index in [2.05, 4.69) is 20.3 Å². The van der Waals surface area contributed by atoms with E-state index in [1.54, 1.807) is 0 Å². The molecule has 0 saturated heterocycles. The maximum atomic E-state index is 14.7. The monoisotopic (exact) mass is 707 g/mol. The molecule has 1 aliphatic carbocycles. The highest BCUT2D eigenvalue weighted by Crippen LogP contribution is 2.53. The summed E-state index contributed by atoms with van der Waals surface area (Å²) >= 11 is 6.06. The summed E-state index contributed by atoms with van der Waals surface area (Å²) in [5, 5.41) is 9.12. The first kappa shape index (κ1) is 35.1. The van der Waals surface area contributed by atoms with Crippen LogP contribution in [0.15, 0.2) is 30.6 Å². The minimum absolute atomic E-state index is 0.00404. The van der Waals surface area contributed by atoms with Crippen LogP contribution in [0.25, 0.3) is 16.9 Å². The van der Waals surface area contributed by atoms with E-state index >= 15 is 0 Å². The first-order chi connectivity index (χ1) is 20.9. The molecule has 46 heavy (non-hydrogen) atoms. The van der Waals surface area contributed by atoms with Crippen LogP contribution in [0.3, 0.4) is 0 Å². The van der Waals surface area contributed by atoms with Crippen molar-refractivity contribution in [2.24, 2.45) is 7.05 Å². The molecule has 0 radical (unpaired) electrons. The number of benzene rings is 1. The Hall–Kier alpha value is -3.78. The fraction of sp³-hybridized carbons (Fsp3) is 0.458. The van der Waals surface area contributed by atoms with Gasteiger partial charge in [0.05, 0.1) is 16.8 Å². The zero-order valence-corrected chi connectivity index (χ0v) is 23.1. The number of aryl methyl sites for hydroxylation is 1. The molecule has 1 N–H and O–H groups in total. The third-order valence-corrected chi connectivity index (χ3v) is 6.86. The highest BCUT2D eigenvalue weighted by molar-refractivity contribution is 6.34. The highest BCUT2D eigenvalue weighted by atomic mass is 35.5. The van der Waals surface area contributed by atoms with Crippen LogP contribution >= 0.6 is 11.6 Å². The fourth-order valence-electron chi connectivity index (χ4n) is 4.08. The van der Waals surface area contributed by atoms with Gasteiger partial charge in [-0.05, 0) is 30.5 Å². The van der Waals surface area contributed by atoms with Crippen molar-refractivity contribution in [3.05, 3.63) is 46.7 Å². The van der Waals surface area contributed by atoms with Crippen LogP contribution in [0.4, 0.5) is 61.5 Å². The van der Waals surface area contributed by atoms with E-state index in [0.29, 0.717) is 11.7 Å². The quantitative estimate of drug-likeness (QED) is 0.237. The second kappa shape index (κ2) is 11.5. The van der Waals surface area contributed by atoms with Crippen molar-refractivity contribution in [2.45, 2.75) is 61.5 Å². The number of nitrogens with one attached hydrogen (secondary N) is 1. The number of aromatic nitrogens is 4. The third kappa shape index (κ3) is 6.41. The van der Waals surface area contributed by atoms with Gasteiger partial charge >= 0.3 is 30.3 Å². The van der Waals surface area contributed by atoms with Gasteiger partial charge in [0.1, 0.15) is 0 Å². The molecule has 0 bridgehead atoms. The second-order valence-electron chi connectivity index (χ2n) is 9.91. The molecular formula is C24H16ClF14N5O2. The molecule has 1 amide bonds. The second-order valence-corrected chi connectivity index (χ2v) is 10.3. The molecule has 4 rings (SSSR count). The number of alkyl halides is 14. The Morgan fingerprint density at radius 1 is 0.978 bits per heavy atom. The molecule has 3 atom stereocenters. The Bertz CT molecular complexity index is 1610. The van der Waals surface area contributed by atoms with Crippen LogP contribution in [0, 0.1) is 0 Å². The number of ether oxygens (including phenoxy) is 1. The molecule has 254 valence electrons. The molecule has 1 aliphatic rings. The lowest BCUT2D eigenvalue weighted by atomic mass is 9.93. The van der Waals surface area contributed by atoms with Gasteiger partial charge in [-0.2, -0.15) is 53.4 Å².